The van der Waals surface area contributed by atoms with Gasteiger partial charge in [-0.1, -0.05) is 13.8 Å². The first kappa shape index (κ1) is 15.0. The van der Waals surface area contributed by atoms with Gasteiger partial charge < -0.3 is 15.4 Å². The minimum atomic E-state index is -0.0450. The highest BCUT2D eigenvalue weighted by Crippen LogP contribution is 2.28. The van der Waals surface area contributed by atoms with Gasteiger partial charge in [-0.25, -0.2) is 9.97 Å². The number of anilines is 2. The zero-order valence-corrected chi connectivity index (χ0v) is 13.2. The molecule has 20 heavy (non-hydrogen) atoms. The Morgan fingerprint density at radius 1 is 1.25 bits per heavy atom. The summed E-state index contributed by atoms with van der Waals surface area (Å²) in [5.74, 6) is 2.98. The van der Waals surface area contributed by atoms with Crippen LogP contribution < -0.4 is 10.6 Å². The molecule has 2 heterocycles. The lowest BCUT2D eigenvalue weighted by molar-refractivity contribution is 0.0538. The molecule has 1 aromatic heterocycles. The fourth-order valence-electron chi connectivity index (χ4n) is 2.48. The summed E-state index contributed by atoms with van der Waals surface area (Å²) in [7, 11) is 1.90. The average Bonchev–Trinajstić information content (AvgIpc) is 2.41. The minimum absolute atomic E-state index is 0.0450. The van der Waals surface area contributed by atoms with Gasteiger partial charge in [0.25, 0.3) is 0 Å². The molecule has 1 unspecified atom stereocenters. The summed E-state index contributed by atoms with van der Waals surface area (Å²) < 4.78 is 5.61. The third-order valence-electron chi connectivity index (χ3n) is 3.77. The summed E-state index contributed by atoms with van der Waals surface area (Å²) in [4.78, 5) is 9.28. The highest BCUT2D eigenvalue weighted by molar-refractivity contribution is 5.58. The molecule has 0 amide bonds. The average molecular weight is 278 g/mol. The Bertz CT molecular complexity index is 467. The molecule has 1 aromatic rings. The standard InChI is InChI=1S/C15H26N4O/c1-10(2)12-17-13(16-5)11(3)14(18-12)19-15(4)7-6-8-20-9-15/h10H,6-9H2,1-5H3,(H2,16,17,18,19). The molecule has 0 radical (unpaired) electrons. The monoisotopic (exact) mass is 278 g/mol. The van der Waals surface area contributed by atoms with Crippen LogP contribution in [0.4, 0.5) is 11.6 Å². The van der Waals surface area contributed by atoms with Gasteiger partial charge in [0.1, 0.15) is 17.5 Å². The molecule has 5 heteroatoms. The van der Waals surface area contributed by atoms with Crippen molar-refractivity contribution in [1.82, 2.24) is 9.97 Å². The SMILES string of the molecule is CNc1nc(C(C)C)nc(NC2(C)CCCOC2)c1C. The minimum Gasteiger partial charge on any atom is -0.379 e. The van der Waals surface area contributed by atoms with Crippen molar-refractivity contribution in [3.63, 3.8) is 0 Å². The summed E-state index contributed by atoms with van der Waals surface area (Å²) in [5.41, 5.74) is 1.01. The Kier molecular flexibility index (Phi) is 4.48. The molecule has 0 aromatic carbocycles. The van der Waals surface area contributed by atoms with E-state index in [-0.39, 0.29) is 5.54 Å². The molecule has 1 fully saturated rings. The molecule has 0 saturated carbocycles. The first-order valence-electron chi connectivity index (χ1n) is 7.37. The van der Waals surface area contributed by atoms with E-state index in [2.05, 4.69) is 36.4 Å². The maximum Gasteiger partial charge on any atom is 0.135 e. The van der Waals surface area contributed by atoms with Crippen molar-refractivity contribution in [2.75, 3.05) is 30.9 Å². The van der Waals surface area contributed by atoms with E-state index in [1.54, 1.807) is 0 Å². The Hall–Kier alpha value is -1.36. The number of rotatable bonds is 4. The molecule has 2 rings (SSSR count). The zero-order valence-electron chi connectivity index (χ0n) is 13.2. The molecule has 1 atom stereocenters. The molecule has 2 N–H and O–H groups in total. The van der Waals surface area contributed by atoms with Crippen molar-refractivity contribution in [2.24, 2.45) is 0 Å². The summed E-state index contributed by atoms with van der Waals surface area (Å²) in [6.45, 7) is 10.0. The zero-order chi connectivity index (χ0) is 14.8. The number of nitrogens with one attached hydrogen (secondary N) is 2. The maximum absolute atomic E-state index is 5.61. The van der Waals surface area contributed by atoms with E-state index in [0.29, 0.717) is 5.92 Å². The first-order chi connectivity index (χ1) is 9.45. The predicted octanol–water partition coefficient (Wildman–Crippen LogP) is 2.93. The summed E-state index contributed by atoms with van der Waals surface area (Å²) in [5, 5.41) is 6.74. The highest BCUT2D eigenvalue weighted by Gasteiger charge is 2.29. The number of hydrogen-bond donors (Lipinski definition) is 2. The van der Waals surface area contributed by atoms with Gasteiger partial charge in [0, 0.05) is 25.1 Å². The Morgan fingerprint density at radius 2 is 1.95 bits per heavy atom. The van der Waals surface area contributed by atoms with Crippen LogP contribution in [0.1, 0.15) is 50.9 Å². The van der Waals surface area contributed by atoms with Gasteiger partial charge >= 0.3 is 0 Å². The molecule has 0 spiro atoms. The topological polar surface area (TPSA) is 59.1 Å². The Morgan fingerprint density at radius 3 is 2.50 bits per heavy atom. The molecule has 0 bridgehead atoms. The smallest absolute Gasteiger partial charge is 0.135 e. The molecular formula is C15H26N4O. The molecule has 1 saturated heterocycles. The number of aromatic nitrogens is 2. The molecule has 5 nitrogen and oxygen atoms in total. The van der Waals surface area contributed by atoms with E-state index in [4.69, 9.17) is 9.72 Å². The fraction of sp³-hybridized carbons (Fsp3) is 0.733. The Balaban J connectivity index is 2.32. The normalized spacial score (nSPS) is 22.9. The third kappa shape index (κ3) is 3.20. The van der Waals surface area contributed by atoms with Crippen LogP contribution in [0.25, 0.3) is 0 Å². The lowest BCUT2D eigenvalue weighted by atomic mass is 9.94. The second-order valence-electron chi connectivity index (χ2n) is 6.15. The van der Waals surface area contributed by atoms with Crippen LogP contribution in [0.5, 0.6) is 0 Å². The van der Waals surface area contributed by atoms with E-state index >= 15 is 0 Å². The van der Waals surface area contributed by atoms with Gasteiger partial charge in [-0.2, -0.15) is 0 Å². The van der Waals surface area contributed by atoms with Gasteiger partial charge in [0.15, 0.2) is 0 Å². The van der Waals surface area contributed by atoms with Gasteiger partial charge in [-0.15, -0.1) is 0 Å². The molecule has 0 aliphatic carbocycles. The quantitative estimate of drug-likeness (QED) is 0.887. The lowest BCUT2D eigenvalue weighted by Gasteiger charge is -2.35. The van der Waals surface area contributed by atoms with Gasteiger partial charge in [-0.3, -0.25) is 0 Å². The van der Waals surface area contributed by atoms with Crippen LogP contribution in [0, 0.1) is 6.92 Å². The fourth-order valence-corrected chi connectivity index (χ4v) is 2.48. The largest absolute Gasteiger partial charge is 0.379 e. The number of hydrogen-bond acceptors (Lipinski definition) is 5. The predicted molar refractivity (Wildman–Crippen MR) is 82.5 cm³/mol. The van der Waals surface area contributed by atoms with Gasteiger partial charge in [0.2, 0.25) is 0 Å². The van der Waals surface area contributed by atoms with Crippen molar-refractivity contribution in [1.29, 1.82) is 0 Å². The van der Waals surface area contributed by atoms with Crippen molar-refractivity contribution >= 4 is 11.6 Å². The molecule has 1 aliphatic heterocycles. The van der Waals surface area contributed by atoms with Crippen molar-refractivity contribution in [3.8, 4) is 0 Å². The third-order valence-corrected chi connectivity index (χ3v) is 3.77. The van der Waals surface area contributed by atoms with Crippen molar-refractivity contribution in [3.05, 3.63) is 11.4 Å². The maximum atomic E-state index is 5.61. The highest BCUT2D eigenvalue weighted by atomic mass is 16.5. The summed E-state index contributed by atoms with van der Waals surface area (Å²) in [6.07, 6.45) is 2.19. The van der Waals surface area contributed by atoms with E-state index in [9.17, 15) is 0 Å². The van der Waals surface area contributed by atoms with Crippen LogP contribution in [0.3, 0.4) is 0 Å². The summed E-state index contributed by atoms with van der Waals surface area (Å²) in [6, 6.07) is 0. The molecule has 1 aliphatic rings. The van der Waals surface area contributed by atoms with Crippen LogP contribution in [0.2, 0.25) is 0 Å². The number of nitrogens with zero attached hydrogens (tertiary/aromatic N) is 2. The van der Waals surface area contributed by atoms with Crippen LogP contribution in [0.15, 0.2) is 0 Å². The molecular weight excluding hydrogens is 252 g/mol. The van der Waals surface area contributed by atoms with Gasteiger partial charge in [0.05, 0.1) is 12.1 Å². The van der Waals surface area contributed by atoms with Gasteiger partial charge in [-0.05, 0) is 26.7 Å². The van der Waals surface area contributed by atoms with E-state index in [0.717, 1.165) is 49.1 Å². The second-order valence-corrected chi connectivity index (χ2v) is 6.15. The lowest BCUT2D eigenvalue weighted by Crippen LogP contribution is -2.43. The van der Waals surface area contributed by atoms with Crippen LogP contribution in [-0.2, 0) is 4.74 Å². The van der Waals surface area contributed by atoms with E-state index in [1.165, 1.54) is 0 Å². The van der Waals surface area contributed by atoms with Crippen molar-refractivity contribution < 1.29 is 4.74 Å². The van der Waals surface area contributed by atoms with E-state index in [1.807, 2.05) is 14.0 Å². The summed E-state index contributed by atoms with van der Waals surface area (Å²) >= 11 is 0. The number of ether oxygens (including phenoxy) is 1. The van der Waals surface area contributed by atoms with Crippen molar-refractivity contribution in [2.45, 2.75) is 52.0 Å². The second kappa shape index (κ2) is 5.95. The first-order valence-corrected chi connectivity index (χ1v) is 7.37. The molecule has 112 valence electrons. The van der Waals surface area contributed by atoms with E-state index < -0.39 is 0 Å². The Labute approximate surface area is 121 Å². The van der Waals surface area contributed by atoms with Crippen LogP contribution in [-0.4, -0.2) is 35.8 Å². The van der Waals surface area contributed by atoms with Crippen LogP contribution >= 0.6 is 0 Å².